The van der Waals surface area contributed by atoms with Crippen LogP contribution in [0.25, 0.3) is 0 Å². The van der Waals surface area contributed by atoms with Gasteiger partial charge in [0.2, 0.25) is 0 Å². The Morgan fingerprint density at radius 3 is 2.86 bits per heavy atom. The normalized spacial score (nSPS) is 14.0. The van der Waals surface area contributed by atoms with Crippen LogP contribution in [0.1, 0.15) is 30.3 Å². The van der Waals surface area contributed by atoms with Gasteiger partial charge in [-0.3, -0.25) is 0 Å². The zero-order valence-corrected chi connectivity index (χ0v) is 13.0. The van der Waals surface area contributed by atoms with Crippen LogP contribution in [0.4, 0.5) is 17.3 Å². The number of anilines is 3. The standard InChI is InChI=1S/C17H22N4/c1-4-18-16-11-17(20-13(3)19-16)21-9-5-6-14-10-12(2)7-8-15(14)21/h7-8,10-11H,4-6,9H2,1-3H3,(H,18,19,20). The average Bonchev–Trinajstić information content (AvgIpc) is 2.46. The second kappa shape index (κ2) is 5.72. The molecule has 0 bridgehead atoms. The maximum absolute atomic E-state index is 4.64. The monoisotopic (exact) mass is 282 g/mol. The summed E-state index contributed by atoms with van der Waals surface area (Å²) in [6, 6.07) is 8.73. The van der Waals surface area contributed by atoms with E-state index in [0.717, 1.165) is 43.4 Å². The van der Waals surface area contributed by atoms with E-state index in [4.69, 9.17) is 0 Å². The molecule has 0 fully saturated rings. The van der Waals surface area contributed by atoms with Gasteiger partial charge in [0.15, 0.2) is 0 Å². The van der Waals surface area contributed by atoms with Crippen molar-refractivity contribution in [3.63, 3.8) is 0 Å². The Hall–Kier alpha value is -2.10. The van der Waals surface area contributed by atoms with Gasteiger partial charge in [0, 0.05) is 24.8 Å². The Bertz CT molecular complexity index is 651. The lowest BCUT2D eigenvalue weighted by atomic mass is 9.99. The van der Waals surface area contributed by atoms with Gasteiger partial charge in [-0.1, -0.05) is 17.7 Å². The quantitative estimate of drug-likeness (QED) is 0.933. The molecule has 0 aliphatic carbocycles. The molecule has 110 valence electrons. The number of fused-ring (bicyclic) bond motifs is 1. The van der Waals surface area contributed by atoms with Crippen molar-refractivity contribution in [2.24, 2.45) is 0 Å². The Balaban J connectivity index is 2.02. The number of benzene rings is 1. The average molecular weight is 282 g/mol. The Morgan fingerprint density at radius 2 is 2.05 bits per heavy atom. The summed E-state index contributed by atoms with van der Waals surface area (Å²) in [4.78, 5) is 11.4. The number of hydrogen-bond donors (Lipinski definition) is 1. The van der Waals surface area contributed by atoms with E-state index in [1.165, 1.54) is 16.8 Å². The topological polar surface area (TPSA) is 41.0 Å². The van der Waals surface area contributed by atoms with Gasteiger partial charge in [-0.15, -0.1) is 0 Å². The molecule has 0 radical (unpaired) electrons. The second-order valence-electron chi connectivity index (χ2n) is 5.58. The number of rotatable bonds is 3. The molecule has 0 saturated carbocycles. The van der Waals surface area contributed by atoms with Crippen molar-refractivity contribution in [2.45, 2.75) is 33.6 Å². The number of aromatic nitrogens is 2. The highest BCUT2D eigenvalue weighted by Gasteiger charge is 2.20. The molecule has 4 nitrogen and oxygen atoms in total. The summed E-state index contributed by atoms with van der Waals surface area (Å²) in [6.45, 7) is 8.06. The van der Waals surface area contributed by atoms with Crippen LogP contribution in [0.5, 0.6) is 0 Å². The van der Waals surface area contributed by atoms with Crippen LogP contribution in [-0.4, -0.2) is 23.1 Å². The molecule has 21 heavy (non-hydrogen) atoms. The van der Waals surface area contributed by atoms with E-state index in [2.05, 4.69) is 52.2 Å². The van der Waals surface area contributed by atoms with E-state index in [1.54, 1.807) is 0 Å². The molecule has 1 aromatic carbocycles. The first-order valence-electron chi connectivity index (χ1n) is 7.64. The van der Waals surface area contributed by atoms with Crippen molar-refractivity contribution in [3.05, 3.63) is 41.2 Å². The second-order valence-corrected chi connectivity index (χ2v) is 5.58. The first kappa shape index (κ1) is 13.9. The predicted molar refractivity (Wildman–Crippen MR) is 87.4 cm³/mol. The highest BCUT2D eigenvalue weighted by molar-refractivity contribution is 5.67. The lowest BCUT2D eigenvalue weighted by Crippen LogP contribution is -2.26. The molecule has 4 heteroatoms. The van der Waals surface area contributed by atoms with Crippen LogP contribution >= 0.6 is 0 Å². The molecule has 0 saturated heterocycles. The summed E-state index contributed by atoms with van der Waals surface area (Å²) < 4.78 is 0. The van der Waals surface area contributed by atoms with Crippen molar-refractivity contribution in [1.29, 1.82) is 0 Å². The van der Waals surface area contributed by atoms with E-state index in [1.807, 2.05) is 13.0 Å². The molecule has 0 amide bonds. The van der Waals surface area contributed by atoms with E-state index >= 15 is 0 Å². The van der Waals surface area contributed by atoms with E-state index in [9.17, 15) is 0 Å². The van der Waals surface area contributed by atoms with Gasteiger partial charge in [-0.05, 0) is 45.2 Å². The Labute approximate surface area is 126 Å². The van der Waals surface area contributed by atoms with Gasteiger partial charge in [0.05, 0.1) is 0 Å². The fourth-order valence-corrected chi connectivity index (χ4v) is 2.93. The van der Waals surface area contributed by atoms with Crippen molar-refractivity contribution in [3.8, 4) is 0 Å². The summed E-state index contributed by atoms with van der Waals surface area (Å²) in [7, 11) is 0. The van der Waals surface area contributed by atoms with Crippen molar-refractivity contribution in [1.82, 2.24) is 9.97 Å². The number of nitrogens with one attached hydrogen (secondary N) is 1. The fourth-order valence-electron chi connectivity index (χ4n) is 2.93. The van der Waals surface area contributed by atoms with Gasteiger partial charge < -0.3 is 10.2 Å². The molecule has 1 aliphatic rings. The molecule has 1 N–H and O–H groups in total. The number of hydrogen-bond acceptors (Lipinski definition) is 4. The lowest BCUT2D eigenvalue weighted by Gasteiger charge is -2.31. The van der Waals surface area contributed by atoms with E-state index in [-0.39, 0.29) is 0 Å². The van der Waals surface area contributed by atoms with Crippen LogP contribution < -0.4 is 10.2 Å². The summed E-state index contributed by atoms with van der Waals surface area (Å²) in [5.41, 5.74) is 4.03. The van der Waals surface area contributed by atoms with Crippen LogP contribution in [0.15, 0.2) is 24.3 Å². The van der Waals surface area contributed by atoms with Crippen LogP contribution in [0, 0.1) is 13.8 Å². The highest BCUT2D eigenvalue weighted by atomic mass is 15.2. The minimum Gasteiger partial charge on any atom is -0.370 e. The maximum Gasteiger partial charge on any atom is 0.138 e. The SMILES string of the molecule is CCNc1cc(N2CCCc3cc(C)ccc32)nc(C)n1. The molecule has 3 rings (SSSR count). The van der Waals surface area contributed by atoms with E-state index in [0.29, 0.717) is 0 Å². The molecule has 2 heterocycles. The van der Waals surface area contributed by atoms with Crippen LogP contribution in [-0.2, 0) is 6.42 Å². The Morgan fingerprint density at radius 1 is 1.19 bits per heavy atom. The predicted octanol–water partition coefficient (Wildman–Crippen LogP) is 3.61. The maximum atomic E-state index is 4.64. The molecule has 2 aromatic rings. The van der Waals surface area contributed by atoms with Crippen molar-refractivity contribution >= 4 is 17.3 Å². The van der Waals surface area contributed by atoms with Gasteiger partial charge >= 0.3 is 0 Å². The van der Waals surface area contributed by atoms with Gasteiger partial charge in [-0.25, -0.2) is 9.97 Å². The zero-order chi connectivity index (χ0) is 14.8. The van der Waals surface area contributed by atoms with Crippen molar-refractivity contribution in [2.75, 3.05) is 23.3 Å². The Kier molecular flexibility index (Phi) is 3.78. The summed E-state index contributed by atoms with van der Waals surface area (Å²) in [5, 5.41) is 3.28. The molecule has 0 unspecified atom stereocenters. The first-order valence-corrected chi connectivity index (χ1v) is 7.64. The minimum atomic E-state index is 0.808. The molecule has 0 spiro atoms. The minimum absolute atomic E-state index is 0.808. The third kappa shape index (κ3) is 2.84. The summed E-state index contributed by atoms with van der Waals surface area (Å²) in [5.74, 6) is 2.70. The third-order valence-electron chi connectivity index (χ3n) is 3.81. The van der Waals surface area contributed by atoms with Gasteiger partial charge in [-0.2, -0.15) is 0 Å². The summed E-state index contributed by atoms with van der Waals surface area (Å²) in [6.07, 6.45) is 2.31. The molecule has 0 atom stereocenters. The zero-order valence-electron chi connectivity index (χ0n) is 13.0. The lowest BCUT2D eigenvalue weighted by molar-refractivity contribution is 0.756. The highest BCUT2D eigenvalue weighted by Crippen LogP contribution is 2.33. The van der Waals surface area contributed by atoms with Crippen molar-refractivity contribution < 1.29 is 0 Å². The van der Waals surface area contributed by atoms with E-state index < -0.39 is 0 Å². The molecule has 1 aliphatic heterocycles. The third-order valence-corrected chi connectivity index (χ3v) is 3.81. The first-order chi connectivity index (χ1) is 10.2. The van der Waals surface area contributed by atoms with Gasteiger partial charge in [0.1, 0.15) is 17.5 Å². The number of aryl methyl sites for hydroxylation is 3. The molecule has 1 aromatic heterocycles. The van der Waals surface area contributed by atoms with Gasteiger partial charge in [0.25, 0.3) is 0 Å². The number of nitrogens with zero attached hydrogens (tertiary/aromatic N) is 3. The fraction of sp³-hybridized carbons (Fsp3) is 0.412. The summed E-state index contributed by atoms with van der Waals surface area (Å²) >= 11 is 0. The smallest absolute Gasteiger partial charge is 0.138 e. The largest absolute Gasteiger partial charge is 0.370 e. The molecular weight excluding hydrogens is 260 g/mol. The van der Waals surface area contributed by atoms with Crippen LogP contribution in [0.3, 0.4) is 0 Å². The molecular formula is C17H22N4. The van der Waals surface area contributed by atoms with Crippen LogP contribution in [0.2, 0.25) is 0 Å².